The van der Waals surface area contributed by atoms with Crippen LogP contribution in [0, 0.1) is 0 Å². The molecule has 0 amide bonds. The highest BCUT2D eigenvalue weighted by Gasteiger charge is 2.15. The first-order chi connectivity index (χ1) is 7.63. The lowest BCUT2D eigenvalue weighted by Gasteiger charge is -2.25. The van der Waals surface area contributed by atoms with E-state index in [2.05, 4.69) is 38.9 Å². The minimum Gasteiger partial charge on any atom is -0.356 e. The molecular formula is C10H14ClN5. The van der Waals surface area contributed by atoms with Crippen molar-refractivity contribution in [3.63, 3.8) is 0 Å². The Morgan fingerprint density at radius 3 is 2.94 bits per heavy atom. The molecule has 0 bridgehead atoms. The quantitative estimate of drug-likeness (QED) is 0.835. The van der Waals surface area contributed by atoms with Crippen molar-refractivity contribution in [1.82, 2.24) is 20.2 Å². The molecule has 16 heavy (non-hydrogen) atoms. The number of rotatable bonds is 3. The van der Waals surface area contributed by atoms with Crippen molar-refractivity contribution in [2.24, 2.45) is 0 Å². The van der Waals surface area contributed by atoms with Crippen LogP contribution in [0.1, 0.15) is 20.3 Å². The molecule has 0 aromatic carbocycles. The van der Waals surface area contributed by atoms with E-state index in [1.807, 2.05) is 7.05 Å². The van der Waals surface area contributed by atoms with Crippen LogP contribution < -0.4 is 4.90 Å². The normalized spacial score (nSPS) is 13.0. The molecular weight excluding hydrogens is 226 g/mol. The molecule has 1 unspecified atom stereocenters. The molecule has 6 heteroatoms. The average Bonchev–Trinajstić information content (AvgIpc) is 2.73. The van der Waals surface area contributed by atoms with Gasteiger partial charge in [-0.1, -0.05) is 6.92 Å². The minimum absolute atomic E-state index is 0.238. The number of hydrogen-bond donors (Lipinski definition) is 1. The molecule has 0 spiro atoms. The number of nitrogens with zero attached hydrogens (tertiary/aromatic N) is 4. The second-order valence-corrected chi connectivity index (χ2v) is 4.15. The van der Waals surface area contributed by atoms with E-state index >= 15 is 0 Å². The second-order valence-electron chi connectivity index (χ2n) is 3.82. The fraction of sp³-hybridized carbons (Fsp3) is 0.500. The molecule has 1 N–H and O–H groups in total. The average molecular weight is 240 g/mol. The zero-order valence-electron chi connectivity index (χ0n) is 9.53. The summed E-state index contributed by atoms with van der Waals surface area (Å²) in [7, 11) is 2.00. The van der Waals surface area contributed by atoms with Crippen LogP contribution in [0.2, 0.25) is 5.28 Å². The lowest BCUT2D eigenvalue weighted by Crippen LogP contribution is -2.29. The van der Waals surface area contributed by atoms with Gasteiger partial charge in [0.25, 0.3) is 0 Å². The fourth-order valence-corrected chi connectivity index (χ4v) is 1.71. The molecule has 0 aliphatic rings. The summed E-state index contributed by atoms with van der Waals surface area (Å²) >= 11 is 5.88. The lowest BCUT2D eigenvalue weighted by molar-refractivity contribution is 0.658. The van der Waals surface area contributed by atoms with Gasteiger partial charge >= 0.3 is 0 Å². The number of fused-ring (bicyclic) bond motifs is 1. The Bertz CT molecular complexity index is 495. The predicted molar refractivity (Wildman–Crippen MR) is 64.8 cm³/mol. The van der Waals surface area contributed by atoms with E-state index in [0.717, 1.165) is 17.6 Å². The maximum atomic E-state index is 5.88. The molecule has 2 aromatic heterocycles. The largest absolute Gasteiger partial charge is 0.356 e. The van der Waals surface area contributed by atoms with Crippen molar-refractivity contribution in [2.45, 2.75) is 26.3 Å². The van der Waals surface area contributed by atoms with Gasteiger partial charge < -0.3 is 4.90 Å². The topological polar surface area (TPSA) is 57.7 Å². The van der Waals surface area contributed by atoms with Gasteiger partial charge in [0, 0.05) is 13.1 Å². The van der Waals surface area contributed by atoms with Gasteiger partial charge in [-0.25, -0.2) is 0 Å². The summed E-state index contributed by atoms with van der Waals surface area (Å²) in [6, 6.07) is 0.393. The highest BCUT2D eigenvalue weighted by molar-refractivity contribution is 6.28. The van der Waals surface area contributed by atoms with Crippen LogP contribution in [-0.2, 0) is 0 Å². The zero-order valence-corrected chi connectivity index (χ0v) is 10.3. The molecule has 2 rings (SSSR count). The summed E-state index contributed by atoms with van der Waals surface area (Å²) < 4.78 is 0. The highest BCUT2D eigenvalue weighted by atomic mass is 35.5. The van der Waals surface area contributed by atoms with Gasteiger partial charge in [0.15, 0.2) is 5.65 Å². The summed E-state index contributed by atoms with van der Waals surface area (Å²) in [5, 5.41) is 7.89. The third kappa shape index (κ3) is 1.82. The Labute approximate surface area is 98.8 Å². The maximum Gasteiger partial charge on any atom is 0.226 e. The van der Waals surface area contributed by atoms with Crippen molar-refractivity contribution in [3.05, 3.63) is 11.5 Å². The number of aromatic amines is 1. The minimum atomic E-state index is 0.238. The number of anilines is 1. The van der Waals surface area contributed by atoms with Crippen LogP contribution in [0.3, 0.4) is 0 Å². The number of hydrogen-bond acceptors (Lipinski definition) is 4. The number of halogens is 1. The first-order valence-electron chi connectivity index (χ1n) is 5.23. The summed E-state index contributed by atoms with van der Waals surface area (Å²) in [4.78, 5) is 10.4. The molecule has 2 aromatic rings. The SMILES string of the molecule is CCC(C)N(C)c1nc(Cl)nc2[nH]ncc12. The molecule has 0 saturated carbocycles. The Hall–Kier alpha value is -1.36. The van der Waals surface area contributed by atoms with Crippen LogP contribution in [0.25, 0.3) is 11.0 Å². The summed E-state index contributed by atoms with van der Waals surface area (Å²) in [5.41, 5.74) is 0.671. The van der Waals surface area contributed by atoms with Crippen molar-refractivity contribution in [1.29, 1.82) is 0 Å². The van der Waals surface area contributed by atoms with E-state index < -0.39 is 0 Å². The predicted octanol–water partition coefficient (Wildman–Crippen LogP) is 2.24. The molecule has 0 fully saturated rings. The van der Waals surface area contributed by atoms with Gasteiger partial charge in [0.2, 0.25) is 5.28 Å². The standard InChI is InChI=1S/C10H14ClN5/c1-4-6(2)16(3)9-7-5-12-15-8(7)13-10(11)14-9/h5-6H,4H2,1-3H3,(H,12,13,14,15). The van der Waals surface area contributed by atoms with Crippen molar-refractivity contribution in [3.8, 4) is 0 Å². The highest BCUT2D eigenvalue weighted by Crippen LogP contribution is 2.24. The van der Waals surface area contributed by atoms with E-state index in [1.165, 1.54) is 0 Å². The third-order valence-corrected chi connectivity index (χ3v) is 3.02. The Morgan fingerprint density at radius 2 is 2.25 bits per heavy atom. The molecule has 5 nitrogen and oxygen atoms in total. The summed E-state index contributed by atoms with van der Waals surface area (Å²) in [6.07, 6.45) is 2.76. The number of nitrogens with one attached hydrogen (secondary N) is 1. The van der Waals surface area contributed by atoms with Gasteiger partial charge in [-0.15, -0.1) is 0 Å². The van der Waals surface area contributed by atoms with Crippen molar-refractivity contribution < 1.29 is 0 Å². The maximum absolute atomic E-state index is 5.88. The molecule has 1 atom stereocenters. The Morgan fingerprint density at radius 1 is 1.50 bits per heavy atom. The molecule has 0 aliphatic heterocycles. The second kappa shape index (κ2) is 4.25. The molecule has 0 radical (unpaired) electrons. The fourth-order valence-electron chi connectivity index (χ4n) is 1.54. The third-order valence-electron chi connectivity index (χ3n) is 2.85. The molecule has 2 heterocycles. The van der Waals surface area contributed by atoms with E-state index in [-0.39, 0.29) is 5.28 Å². The molecule has 0 saturated heterocycles. The number of H-pyrrole nitrogens is 1. The van der Waals surface area contributed by atoms with Gasteiger partial charge in [-0.3, -0.25) is 5.10 Å². The lowest BCUT2D eigenvalue weighted by atomic mass is 10.2. The van der Waals surface area contributed by atoms with E-state index in [1.54, 1.807) is 6.20 Å². The van der Waals surface area contributed by atoms with E-state index in [9.17, 15) is 0 Å². The Balaban J connectivity index is 2.53. The molecule has 0 aliphatic carbocycles. The summed E-state index contributed by atoms with van der Waals surface area (Å²) in [6.45, 7) is 4.28. The zero-order chi connectivity index (χ0) is 11.7. The first kappa shape index (κ1) is 11.1. The van der Waals surface area contributed by atoms with Crippen LogP contribution in [0.15, 0.2) is 6.20 Å². The van der Waals surface area contributed by atoms with Crippen LogP contribution >= 0.6 is 11.6 Å². The summed E-state index contributed by atoms with van der Waals surface area (Å²) in [5.74, 6) is 0.818. The van der Waals surface area contributed by atoms with Gasteiger partial charge in [0.1, 0.15) is 5.82 Å². The van der Waals surface area contributed by atoms with Gasteiger partial charge in [-0.2, -0.15) is 15.1 Å². The smallest absolute Gasteiger partial charge is 0.226 e. The number of aromatic nitrogens is 4. The van der Waals surface area contributed by atoms with Gasteiger partial charge in [-0.05, 0) is 24.9 Å². The van der Waals surface area contributed by atoms with Crippen molar-refractivity contribution >= 4 is 28.5 Å². The monoisotopic (exact) mass is 239 g/mol. The van der Waals surface area contributed by atoms with Crippen molar-refractivity contribution in [2.75, 3.05) is 11.9 Å². The van der Waals surface area contributed by atoms with Gasteiger partial charge in [0.05, 0.1) is 11.6 Å². The Kier molecular flexibility index (Phi) is 2.96. The first-order valence-corrected chi connectivity index (χ1v) is 5.60. The van der Waals surface area contributed by atoms with Crippen LogP contribution in [-0.4, -0.2) is 33.3 Å². The van der Waals surface area contributed by atoms with E-state index in [0.29, 0.717) is 11.7 Å². The van der Waals surface area contributed by atoms with Crippen LogP contribution in [0.4, 0.5) is 5.82 Å². The van der Waals surface area contributed by atoms with E-state index in [4.69, 9.17) is 11.6 Å². The molecule has 86 valence electrons. The van der Waals surface area contributed by atoms with Crippen LogP contribution in [0.5, 0.6) is 0 Å².